The van der Waals surface area contributed by atoms with E-state index in [0.717, 1.165) is 16.6 Å². The highest BCUT2D eigenvalue weighted by Gasteiger charge is 2.09. The van der Waals surface area contributed by atoms with Gasteiger partial charge in [0.25, 0.3) is 0 Å². The van der Waals surface area contributed by atoms with Gasteiger partial charge in [0.15, 0.2) is 0 Å². The summed E-state index contributed by atoms with van der Waals surface area (Å²) in [6, 6.07) is 7.19. The van der Waals surface area contributed by atoms with Crippen molar-refractivity contribution in [3.05, 3.63) is 36.2 Å². The lowest BCUT2D eigenvalue weighted by Crippen LogP contribution is -2.14. The lowest BCUT2D eigenvalue weighted by molar-refractivity contribution is 0.143. The van der Waals surface area contributed by atoms with Crippen molar-refractivity contribution in [3.63, 3.8) is 0 Å². The third-order valence-corrected chi connectivity index (χ3v) is 3.06. The Balaban J connectivity index is 2.13. The number of nitrogens with zero attached hydrogens (tertiary/aromatic N) is 4. The van der Waals surface area contributed by atoms with E-state index in [0.29, 0.717) is 5.82 Å². The molecule has 5 N–H and O–H groups in total. The summed E-state index contributed by atoms with van der Waals surface area (Å²) < 4.78 is 1.76. The molecule has 23 heavy (non-hydrogen) atoms. The molecule has 3 aromatic rings. The van der Waals surface area contributed by atoms with E-state index >= 15 is 0 Å². The van der Waals surface area contributed by atoms with Crippen molar-refractivity contribution >= 4 is 22.8 Å². The highest BCUT2D eigenvalue weighted by atomic mass is 16.3. The number of anilines is 2. The SMILES string of the molecule is CC(C)(O)C#Cc1ccc2ncn(-c3cc(N)nc(N)n3)c2c1. The number of nitrogen functional groups attached to an aromatic ring is 2. The third kappa shape index (κ3) is 3.22. The molecule has 7 heteroatoms. The van der Waals surface area contributed by atoms with Crippen LogP contribution in [-0.4, -0.2) is 30.2 Å². The quantitative estimate of drug-likeness (QED) is 0.580. The standard InChI is InChI=1S/C16H16N6O/c1-16(2,23)6-5-10-3-4-11-12(7-10)22(9-19-11)14-8-13(17)20-15(18)21-14/h3-4,7-9,23H,1-2H3,(H4,17,18,20,21). The maximum absolute atomic E-state index is 9.71. The first-order valence-corrected chi connectivity index (χ1v) is 6.95. The molecule has 0 saturated carbocycles. The Morgan fingerprint density at radius 3 is 2.65 bits per heavy atom. The zero-order valence-corrected chi connectivity index (χ0v) is 12.8. The van der Waals surface area contributed by atoms with E-state index in [-0.39, 0.29) is 11.8 Å². The fourth-order valence-corrected chi connectivity index (χ4v) is 2.09. The average Bonchev–Trinajstić information content (AvgIpc) is 2.86. The highest BCUT2D eigenvalue weighted by molar-refractivity contribution is 5.79. The molecule has 0 fully saturated rings. The number of hydrogen-bond donors (Lipinski definition) is 3. The first-order valence-electron chi connectivity index (χ1n) is 6.95. The van der Waals surface area contributed by atoms with Crippen LogP contribution in [-0.2, 0) is 0 Å². The van der Waals surface area contributed by atoms with Gasteiger partial charge in [0.05, 0.1) is 11.0 Å². The molecule has 7 nitrogen and oxygen atoms in total. The average molecular weight is 308 g/mol. The second kappa shape index (κ2) is 5.26. The highest BCUT2D eigenvalue weighted by Crippen LogP contribution is 2.19. The van der Waals surface area contributed by atoms with Gasteiger partial charge in [-0.25, -0.2) is 4.98 Å². The van der Waals surface area contributed by atoms with E-state index in [9.17, 15) is 5.11 Å². The molecule has 0 radical (unpaired) electrons. The molecule has 3 rings (SSSR count). The van der Waals surface area contributed by atoms with E-state index < -0.39 is 5.60 Å². The summed E-state index contributed by atoms with van der Waals surface area (Å²) in [6.07, 6.45) is 1.64. The van der Waals surface area contributed by atoms with Crippen molar-refractivity contribution in [2.45, 2.75) is 19.4 Å². The van der Waals surface area contributed by atoms with Gasteiger partial charge in [0, 0.05) is 11.6 Å². The number of fused-ring (bicyclic) bond motifs is 1. The maximum Gasteiger partial charge on any atom is 0.223 e. The molecule has 2 aromatic heterocycles. The number of aliphatic hydroxyl groups is 1. The lowest BCUT2D eigenvalue weighted by Gasteiger charge is -2.06. The number of benzene rings is 1. The summed E-state index contributed by atoms with van der Waals surface area (Å²) in [7, 11) is 0. The van der Waals surface area contributed by atoms with E-state index in [1.807, 2.05) is 18.2 Å². The van der Waals surface area contributed by atoms with Crippen molar-refractivity contribution in [1.82, 2.24) is 19.5 Å². The minimum Gasteiger partial charge on any atom is -0.383 e. The monoisotopic (exact) mass is 308 g/mol. The smallest absolute Gasteiger partial charge is 0.223 e. The Morgan fingerprint density at radius 1 is 1.17 bits per heavy atom. The van der Waals surface area contributed by atoms with Gasteiger partial charge in [0.1, 0.15) is 23.6 Å². The minimum absolute atomic E-state index is 0.0971. The zero-order valence-electron chi connectivity index (χ0n) is 12.8. The van der Waals surface area contributed by atoms with Gasteiger partial charge in [-0.2, -0.15) is 9.97 Å². The van der Waals surface area contributed by atoms with Gasteiger partial charge in [0.2, 0.25) is 5.95 Å². The maximum atomic E-state index is 9.71. The Hall–Kier alpha value is -3.11. The summed E-state index contributed by atoms with van der Waals surface area (Å²) in [5.74, 6) is 6.64. The molecule has 0 spiro atoms. The summed E-state index contributed by atoms with van der Waals surface area (Å²) in [5, 5.41) is 9.71. The van der Waals surface area contributed by atoms with E-state index in [2.05, 4.69) is 26.8 Å². The van der Waals surface area contributed by atoms with Crippen LogP contribution in [0, 0.1) is 11.8 Å². The number of aromatic nitrogens is 4. The Bertz CT molecular complexity index is 922. The van der Waals surface area contributed by atoms with Crippen LogP contribution in [0.15, 0.2) is 30.6 Å². The predicted molar refractivity (Wildman–Crippen MR) is 88.7 cm³/mol. The van der Waals surface area contributed by atoms with Gasteiger partial charge < -0.3 is 16.6 Å². The van der Waals surface area contributed by atoms with E-state index in [1.165, 1.54) is 0 Å². The summed E-state index contributed by atoms with van der Waals surface area (Å²) in [5.41, 5.74) is 12.7. The van der Waals surface area contributed by atoms with Crippen molar-refractivity contribution in [2.24, 2.45) is 0 Å². The van der Waals surface area contributed by atoms with Crippen LogP contribution < -0.4 is 11.5 Å². The van der Waals surface area contributed by atoms with Crippen LogP contribution in [0.4, 0.5) is 11.8 Å². The van der Waals surface area contributed by atoms with E-state index in [1.54, 1.807) is 30.8 Å². The molecular weight excluding hydrogens is 292 g/mol. The third-order valence-electron chi connectivity index (χ3n) is 3.06. The van der Waals surface area contributed by atoms with Crippen LogP contribution in [0.3, 0.4) is 0 Å². The first kappa shape index (κ1) is 14.8. The number of rotatable bonds is 1. The molecule has 0 unspecified atom stereocenters. The topological polar surface area (TPSA) is 116 Å². The lowest BCUT2D eigenvalue weighted by atomic mass is 10.1. The largest absolute Gasteiger partial charge is 0.383 e. The van der Waals surface area contributed by atoms with Gasteiger partial charge in [-0.15, -0.1) is 0 Å². The second-order valence-corrected chi connectivity index (χ2v) is 5.64. The van der Waals surface area contributed by atoms with Crippen molar-refractivity contribution < 1.29 is 5.11 Å². The molecule has 0 saturated heterocycles. The Morgan fingerprint density at radius 2 is 1.96 bits per heavy atom. The zero-order chi connectivity index (χ0) is 16.6. The van der Waals surface area contributed by atoms with Gasteiger partial charge in [-0.3, -0.25) is 4.57 Å². The summed E-state index contributed by atoms with van der Waals surface area (Å²) in [4.78, 5) is 12.4. The minimum atomic E-state index is -1.05. The predicted octanol–water partition coefficient (Wildman–Crippen LogP) is 1.10. The van der Waals surface area contributed by atoms with Crippen LogP contribution >= 0.6 is 0 Å². The molecule has 0 aliphatic rings. The van der Waals surface area contributed by atoms with Crippen molar-refractivity contribution in [1.29, 1.82) is 0 Å². The Labute approximate surface area is 133 Å². The normalized spacial score (nSPS) is 11.3. The van der Waals surface area contributed by atoms with Gasteiger partial charge >= 0.3 is 0 Å². The molecule has 0 aliphatic carbocycles. The van der Waals surface area contributed by atoms with Crippen LogP contribution in [0.5, 0.6) is 0 Å². The number of hydrogen-bond acceptors (Lipinski definition) is 6. The van der Waals surface area contributed by atoms with E-state index in [4.69, 9.17) is 11.5 Å². The van der Waals surface area contributed by atoms with Gasteiger partial charge in [-0.1, -0.05) is 11.8 Å². The molecule has 1 aromatic carbocycles. The first-order chi connectivity index (χ1) is 10.8. The van der Waals surface area contributed by atoms with Gasteiger partial charge in [-0.05, 0) is 32.0 Å². The second-order valence-electron chi connectivity index (χ2n) is 5.64. The fourth-order valence-electron chi connectivity index (χ4n) is 2.09. The molecule has 116 valence electrons. The molecule has 0 atom stereocenters. The summed E-state index contributed by atoms with van der Waals surface area (Å²) >= 11 is 0. The number of imidazole rings is 1. The molecular formula is C16H16N6O. The molecule has 0 amide bonds. The van der Waals surface area contributed by atoms with Crippen molar-refractivity contribution in [2.75, 3.05) is 11.5 Å². The van der Waals surface area contributed by atoms with Crippen LogP contribution in [0.25, 0.3) is 16.9 Å². The molecule has 2 heterocycles. The van der Waals surface area contributed by atoms with Crippen LogP contribution in [0.2, 0.25) is 0 Å². The van der Waals surface area contributed by atoms with Crippen LogP contribution in [0.1, 0.15) is 19.4 Å². The molecule has 0 bridgehead atoms. The molecule has 0 aliphatic heterocycles. The summed E-state index contributed by atoms with van der Waals surface area (Å²) in [6.45, 7) is 3.27. The Kier molecular flexibility index (Phi) is 3.39. The fraction of sp³-hybridized carbons (Fsp3) is 0.188. The number of nitrogens with two attached hydrogens (primary N) is 2. The van der Waals surface area contributed by atoms with Crippen molar-refractivity contribution in [3.8, 4) is 17.7 Å².